The van der Waals surface area contributed by atoms with E-state index in [4.69, 9.17) is 13.6 Å². The van der Waals surface area contributed by atoms with Gasteiger partial charge in [-0.2, -0.15) is 0 Å². The Morgan fingerprint density at radius 3 is 1.88 bits per heavy atom. The maximum absolute atomic E-state index is 6.75. The molecule has 0 saturated heterocycles. The number of para-hydroxylation sites is 4. The van der Waals surface area contributed by atoms with E-state index in [0.717, 1.165) is 77.6 Å². The molecule has 9 aromatic rings. The van der Waals surface area contributed by atoms with Crippen LogP contribution in [0.2, 0.25) is 0 Å². The van der Waals surface area contributed by atoms with Crippen LogP contribution >= 0.6 is 0 Å². The van der Waals surface area contributed by atoms with Crippen molar-refractivity contribution in [1.82, 2.24) is 4.57 Å². The summed E-state index contributed by atoms with van der Waals surface area (Å²) in [6, 6.07) is 41.9. The van der Waals surface area contributed by atoms with Crippen molar-refractivity contribution in [2.45, 2.75) is 6.23 Å². The molecule has 0 saturated carbocycles. The summed E-state index contributed by atoms with van der Waals surface area (Å²) in [4.78, 5) is 0. The van der Waals surface area contributed by atoms with Crippen LogP contribution in [0.25, 0.3) is 71.4 Å². The molecule has 6 aromatic carbocycles. The molecule has 4 heterocycles. The summed E-state index contributed by atoms with van der Waals surface area (Å²) in [5, 5.41) is 10.2. The fourth-order valence-corrected chi connectivity index (χ4v) is 6.87. The van der Waals surface area contributed by atoms with E-state index >= 15 is 0 Å². The van der Waals surface area contributed by atoms with E-state index in [2.05, 4.69) is 88.7 Å². The molecule has 10 rings (SSSR count). The summed E-state index contributed by atoms with van der Waals surface area (Å²) in [5.74, 6) is 0.815. The number of rotatable bonds is 2. The van der Waals surface area contributed by atoms with Crippen LogP contribution in [0.1, 0.15) is 11.8 Å². The Balaban J connectivity index is 1.23. The first-order chi connectivity index (χ1) is 20.8. The lowest BCUT2D eigenvalue weighted by Gasteiger charge is -2.16. The van der Waals surface area contributed by atoms with E-state index in [1.165, 1.54) is 10.8 Å². The Hall–Kier alpha value is -5.68. The standard InChI is InChI=1S/C37H22N2O3/c1-5-13-27-21(9-1)22-10-2-6-14-28(22)39(27)29-19-17-25(33-23-11-3-8-16-31(23)41-36(29)33)37-38-26-18-20-32-34(35(26)42-37)24-12-4-7-15-30(24)40-32/h1-20,37-38H. The minimum absolute atomic E-state index is 0.394. The van der Waals surface area contributed by atoms with E-state index in [-0.39, 0.29) is 0 Å². The zero-order chi connectivity index (χ0) is 27.4. The molecule has 5 nitrogen and oxygen atoms in total. The normalized spacial score (nSPS) is 14.8. The van der Waals surface area contributed by atoms with Crippen LogP contribution in [0, 0.1) is 0 Å². The summed E-state index contributed by atoms with van der Waals surface area (Å²) in [6.07, 6.45) is -0.394. The van der Waals surface area contributed by atoms with Crippen molar-refractivity contribution in [3.8, 4) is 11.4 Å². The second-order valence-corrected chi connectivity index (χ2v) is 10.9. The number of aromatic nitrogens is 1. The van der Waals surface area contributed by atoms with E-state index in [1.807, 2.05) is 42.5 Å². The van der Waals surface area contributed by atoms with Crippen LogP contribution in [0.15, 0.2) is 130 Å². The Bertz CT molecular complexity index is 2500. The van der Waals surface area contributed by atoms with Gasteiger partial charge in [-0.25, -0.2) is 0 Å². The molecule has 5 heteroatoms. The molecule has 0 amide bonds. The van der Waals surface area contributed by atoms with Crippen LogP contribution in [0.3, 0.4) is 0 Å². The molecule has 42 heavy (non-hydrogen) atoms. The Morgan fingerprint density at radius 2 is 1.14 bits per heavy atom. The van der Waals surface area contributed by atoms with E-state index < -0.39 is 6.23 Å². The van der Waals surface area contributed by atoms with Gasteiger partial charge in [0.1, 0.15) is 16.7 Å². The highest BCUT2D eigenvalue weighted by Crippen LogP contribution is 2.49. The van der Waals surface area contributed by atoms with Gasteiger partial charge in [0, 0.05) is 32.5 Å². The summed E-state index contributed by atoms with van der Waals surface area (Å²) < 4.78 is 21.9. The second kappa shape index (κ2) is 7.95. The highest BCUT2D eigenvalue weighted by molar-refractivity contribution is 6.14. The lowest BCUT2D eigenvalue weighted by atomic mass is 10.0. The monoisotopic (exact) mass is 542 g/mol. The fraction of sp³-hybridized carbons (Fsp3) is 0.0270. The molecule has 0 radical (unpaired) electrons. The quantitative estimate of drug-likeness (QED) is 0.236. The van der Waals surface area contributed by atoms with Gasteiger partial charge in [0.25, 0.3) is 0 Å². The smallest absolute Gasteiger partial charge is 0.197 e. The third-order valence-electron chi connectivity index (χ3n) is 8.66. The molecular weight excluding hydrogens is 520 g/mol. The van der Waals surface area contributed by atoms with Crippen LogP contribution < -0.4 is 10.1 Å². The van der Waals surface area contributed by atoms with Gasteiger partial charge in [-0.15, -0.1) is 0 Å². The summed E-state index contributed by atoms with van der Waals surface area (Å²) in [7, 11) is 0. The van der Waals surface area contributed by atoms with E-state index in [1.54, 1.807) is 0 Å². The Labute approximate surface area is 239 Å². The minimum atomic E-state index is -0.394. The number of ether oxygens (including phenoxy) is 1. The average molecular weight is 543 g/mol. The van der Waals surface area contributed by atoms with Crippen molar-refractivity contribution in [2.75, 3.05) is 5.32 Å². The van der Waals surface area contributed by atoms with Crippen molar-refractivity contribution in [3.05, 3.63) is 127 Å². The summed E-state index contributed by atoms with van der Waals surface area (Å²) in [6.45, 7) is 0. The fourth-order valence-electron chi connectivity index (χ4n) is 6.87. The molecule has 0 fully saturated rings. The minimum Gasteiger partial charge on any atom is -0.463 e. The predicted octanol–water partition coefficient (Wildman–Crippen LogP) is 10.1. The van der Waals surface area contributed by atoms with Gasteiger partial charge in [0.2, 0.25) is 0 Å². The van der Waals surface area contributed by atoms with Crippen molar-refractivity contribution in [1.29, 1.82) is 0 Å². The molecule has 1 N–H and O–H groups in total. The molecule has 1 aliphatic heterocycles. The molecule has 1 unspecified atom stereocenters. The van der Waals surface area contributed by atoms with Gasteiger partial charge < -0.3 is 23.5 Å². The maximum Gasteiger partial charge on any atom is 0.197 e. The molecule has 0 spiro atoms. The second-order valence-electron chi connectivity index (χ2n) is 10.9. The number of anilines is 1. The van der Waals surface area contributed by atoms with Crippen LogP contribution in [-0.4, -0.2) is 4.57 Å². The molecule has 3 aromatic heterocycles. The van der Waals surface area contributed by atoms with Gasteiger partial charge >= 0.3 is 0 Å². The first kappa shape index (κ1) is 22.1. The third-order valence-corrected chi connectivity index (χ3v) is 8.66. The van der Waals surface area contributed by atoms with Crippen molar-refractivity contribution in [3.63, 3.8) is 0 Å². The van der Waals surface area contributed by atoms with Crippen molar-refractivity contribution < 1.29 is 13.6 Å². The lowest BCUT2D eigenvalue weighted by Crippen LogP contribution is -2.11. The number of fused-ring (bicyclic) bond motifs is 11. The van der Waals surface area contributed by atoms with Gasteiger partial charge in [0.15, 0.2) is 17.6 Å². The average Bonchev–Trinajstić information content (AvgIpc) is 3.80. The van der Waals surface area contributed by atoms with Crippen molar-refractivity contribution in [2.24, 2.45) is 0 Å². The van der Waals surface area contributed by atoms with E-state index in [9.17, 15) is 0 Å². The molecule has 0 bridgehead atoms. The molecule has 0 aliphatic carbocycles. The highest BCUT2D eigenvalue weighted by atomic mass is 16.5. The molecule has 198 valence electrons. The number of hydrogen-bond donors (Lipinski definition) is 1. The summed E-state index contributed by atoms with van der Waals surface area (Å²) >= 11 is 0. The Morgan fingerprint density at radius 1 is 0.524 bits per heavy atom. The zero-order valence-electron chi connectivity index (χ0n) is 22.3. The van der Waals surface area contributed by atoms with E-state index in [0.29, 0.717) is 0 Å². The van der Waals surface area contributed by atoms with Crippen LogP contribution in [-0.2, 0) is 0 Å². The largest absolute Gasteiger partial charge is 0.463 e. The summed E-state index contributed by atoms with van der Waals surface area (Å²) in [5.41, 5.74) is 8.62. The number of nitrogens with zero attached hydrogens (tertiary/aromatic N) is 1. The number of furan rings is 2. The third kappa shape index (κ3) is 2.82. The van der Waals surface area contributed by atoms with Crippen LogP contribution in [0.5, 0.6) is 5.75 Å². The van der Waals surface area contributed by atoms with Gasteiger partial charge in [-0.3, -0.25) is 0 Å². The zero-order valence-corrected chi connectivity index (χ0v) is 22.3. The van der Waals surface area contributed by atoms with Gasteiger partial charge in [-0.05, 0) is 42.5 Å². The maximum atomic E-state index is 6.75. The molecule has 1 aliphatic rings. The number of hydrogen-bond acceptors (Lipinski definition) is 4. The lowest BCUT2D eigenvalue weighted by molar-refractivity contribution is 0.264. The van der Waals surface area contributed by atoms with Gasteiger partial charge in [0.05, 0.1) is 27.8 Å². The molecular formula is C37H22N2O3. The first-order valence-electron chi connectivity index (χ1n) is 14.1. The number of nitrogens with one attached hydrogen (secondary N) is 1. The predicted molar refractivity (Wildman–Crippen MR) is 169 cm³/mol. The highest BCUT2D eigenvalue weighted by Gasteiger charge is 2.31. The Kier molecular flexibility index (Phi) is 4.18. The first-order valence-corrected chi connectivity index (χ1v) is 14.1. The number of benzene rings is 6. The SMILES string of the molecule is c1ccc2c(c1)oc1ccc3c(c12)OC(c1ccc(-n2c4ccccc4c4ccccc42)c2oc4ccccc4c12)N3. The van der Waals surface area contributed by atoms with Crippen LogP contribution in [0.4, 0.5) is 5.69 Å². The van der Waals surface area contributed by atoms with Gasteiger partial charge in [-0.1, -0.05) is 78.9 Å². The topological polar surface area (TPSA) is 52.5 Å². The molecule has 1 atom stereocenters. The van der Waals surface area contributed by atoms with Crippen molar-refractivity contribution >= 4 is 71.4 Å².